The van der Waals surface area contributed by atoms with Crippen LogP contribution in [-0.4, -0.2) is 55.6 Å². The lowest BCUT2D eigenvalue weighted by molar-refractivity contribution is 0.463. The molecule has 8 nitrogen and oxygen atoms in total. The molecule has 3 heterocycles. The highest BCUT2D eigenvalue weighted by Gasteiger charge is 2.10. The molecule has 4 rings (SSSR count). The number of nitrogens with zero attached hydrogens (tertiary/aromatic N) is 6. The minimum Gasteiger partial charge on any atom is -0.357 e. The number of H-pyrrole nitrogens is 1. The van der Waals surface area contributed by atoms with Gasteiger partial charge in [0.1, 0.15) is 11.6 Å². The SMILES string of the molecule is CCNC(=NCCCc1nnc2ccccn12)N(C)Cc1ncc(-c2ccccc2)[nH]1. The average Bonchev–Trinajstić information content (AvgIpc) is 3.44. The maximum Gasteiger partial charge on any atom is 0.194 e. The largest absolute Gasteiger partial charge is 0.357 e. The first kappa shape index (κ1) is 20.6. The van der Waals surface area contributed by atoms with E-state index in [4.69, 9.17) is 4.99 Å². The number of nitrogens with one attached hydrogen (secondary N) is 2. The minimum absolute atomic E-state index is 0.646. The third-order valence-electron chi connectivity index (χ3n) is 5.00. The number of aliphatic imine (C=N–C) groups is 1. The van der Waals surface area contributed by atoms with E-state index in [0.29, 0.717) is 13.1 Å². The standard InChI is InChI=1S/C23H28N8/c1-3-24-23(25-14-9-13-22-29-28-21-12-7-8-15-31(21)22)30(2)17-20-26-16-19(27-20)18-10-5-4-6-11-18/h4-8,10-12,15-16H,3,9,13-14,17H2,1-2H3,(H,24,25)(H,26,27). The van der Waals surface area contributed by atoms with Gasteiger partial charge in [0.2, 0.25) is 0 Å². The second kappa shape index (κ2) is 9.88. The molecular formula is C23H28N8. The van der Waals surface area contributed by atoms with E-state index < -0.39 is 0 Å². The highest BCUT2D eigenvalue weighted by atomic mass is 15.3. The summed E-state index contributed by atoms with van der Waals surface area (Å²) in [7, 11) is 2.03. The fourth-order valence-electron chi connectivity index (χ4n) is 3.46. The van der Waals surface area contributed by atoms with Crippen LogP contribution in [0.1, 0.15) is 25.0 Å². The van der Waals surface area contributed by atoms with Crippen LogP contribution in [0.2, 0.25) is 0 Å². The van der Waals surface area contributed by atoms with E-state index in [9.17, 15) is 0 Å². The Morgan fingerprint density at radius 1 is 1.13 bits per heavy atom. The molecular weight excluding hydrogens is 388 g/mol. The monoisotopic (exact) mass is 416 g/mol. The van der Waals surface area contributed by atoms with E-state index in [0.717, 1.165) is 53.9 Å². The van der Waals surface area contributed by atoms with Gasteiger partial charge in [-0.25, -0.2) is 4.98 Å². The molecule has 0 aliphatic carbocycles. The Hall–Kier alpha value is -3.68. The lowest BCUT2D eigenvalue weighted by atomic mass is 10.2. The van der Waals surface area contributed by atoms with Gasteiger partial charge in [0, 0.05) is 32.8 Å². The summed E-state index contributed by atoms with van der Waals surface area (Å²) < 4.78 is 2.03. The summed E-state index contributed by atoms with van der Waals surface area (Å²) in [6.07, 6.45) is 5.61. The molecule has 1 aromatic carbocycles. The van der Waals surface area contributed by atoms with Gasteiger partial charge in [-0.15, -0.1) is 10.2 Å². The van der Waals surface area contributed by atoms with E-state index in [1.165, 1.54) is 0 Å². The van der Waals surface area contributed by atoms with Crippen LogP contribution in [0.4, 0.5) is 0 Å². The Morgan fingerprint density at radius 3 is 2.81 bits per heavy atom. The van der Waals surface area contributed by atoms with Crippen LogP contribution in [0, 0.1) is 0 Å². The molecule has 3 aromatic heterocycles. The number of fused-ring (bicyclic) bond motifs is 1. The Kier molecular flexibility index (Phi) is 6.56. The van der Waals surface area contributed by atoms with Gasteiger partial charge in [-0.05, 0) is 31.0 Å². The molecule has 0 bridgehead atoms. The lowest BCUT2D eigenvalue weighted by Crippen LogP contribution is -2.38. The third-order valence-corrected chi connectivity index (χ3v) is 5.00. The Morgan fingerprint density at radius 2 is 1.97 bits per heavy atom. The fourth-order valence-corrected chi connectivity index (χ4v) is 3.46. The minimum atomic E-state index is 0.646. The molecule has 4 aromatic rings. The molecule has 0 unspecified atom stereocenters. The topological polar surface area (TPSA) is 86.5 Å². The molecule has 0 atom stereocenters. The average molecular weight is 417 g/mol. The van der Waals surface area contributed by atoms with Crippen LogP contribution in [0.5, 0.6) is 0 Å². The normalized spacial score (nSPS) is 11.7. The maximum atomic E-state index is 4.79. The van der Waals surface area contributed by atoms with Gasteiger partial charge in [0.05, 0.1) is 18.4 Å². The Labute approximate surface area is 182 Å². The molecule has 2 N–H and O–H groups in total. The first-order valence-corrected chi connectivity index (χ1v) is 10.6. The third kappa shape index (κ3) is 5.09. The maximum absolute atomic E-state index is 4.79. The van der Waals surface area contributed by atoms with Gasteiger partial charge < -0.3 is 15.2 Å². The Bertz CT molecular complexity index is 1130. The number of hydrogen-bond acceptors (Lipinski definition) is 4. The summed E-state index contributed by atoms with van der Waals surface area (Å²) in [6.45, 7) is 4.24. The van der Waals surface area contributed by atoms with Gasteiger partial charge in [-0.1, -0.05) is 36.4 Å². The number of imidazole rings is 1. The molecule has 8 heteroatoms. The number of benzene rings is 1. The number of rotatable bonds is 8. The zero-order valence-electron chi connectivity index (χ0n) is 18.0. The highest BCUT2D eigenvalue weighted by Crippen LogP contribution is 2.16. The zero-order chi connectivity index (χ0) is 21.5. The summed E-state index contributed by atoms with van der Waals surface area (Å²) >= 11 is 0. The van der Waals surface area contributed by atoms with Crippen molar-refractivity contribution in [3.05, 3.63) is 72.6 Å². The van der Waals surface area contributed by atoms with E-state index >= 15 is 0 Å². The van der Waals surface area contributed by atoms with Crippen LogP contribution >= 0.6 is 0 Å². The molecule has 0 aliphatic rings. The first-order valence-electron chi connectivity index (χ1n) is 10.6. The lowest BCUT2D eigenvalue weighted by Gasteiger charge is -2.21. The molecule has 0 aliphatic heterocycles. The van der Waals surface area contributed by atoms with Crippen molar-refractivity contribution < 1.29 is 0 Å². The predicted octanol–water partition coefficient (Wildman–Crippen LogP) is 3.15. The molecule has 0 amide bonds. The van der Waals surface area contributed by atoms with Gasteiger partial charge in [0.15, 0.2) is 11.6 Å². The number of hydrogen-bond donors (Lipinski definition) is 2. The number of aromatic amines is 1. The van der Waals surface area contributed by atoms with Crippen molar-refractivity contribution in [3.8, 4) is 11.3 Å². The molecule has 0 spiro atoms. The summed E-state index contributed by atoms with van der Waals surface area (Å²) in [5, 5.41) is 11.9. The fraction of sp³-hybridized carbons (Fsp3) is 0.304. The number of aromatic nitrogens is 5. The molecule has 0 saturated carbocycles. The Balaban J connectivity index is 1.35. The zero-order valence-corrected chi connectivity index (χ0v) is 18.0. The smallest absolute Gasteiger partial charge is 0.194 e. The molecule has 0 fully saturated rings. The summed E-state index contributed by atoms with van der Waals surface area (Å²) in [5.74, 6) is 2.74. The van der Waals surface area contributed by atoms with Crippen molar-refractivity contribution >= 4 is 11.6 Å². The molecule has 0 saturated heterocycles. The van der Waals surface area contributed by atoms with Crippen LogP contribution < -0.4 is 5.32 Å². The number of pyridine rings is 1. The van der Waals surface area contributed by atoms with Crippen LogP contribution in [-0.2, 0) is 13.0 Å². The summed E-state index contributed by atoms with van der Waals surface area (Å²) in [4.78, 5) is 14.8. The van der Waals surface area contributed by atoms with Gasteiger partial charge >= 0.3 is 0 Å². The van der Waals surface area contributed by atoms with E-state index in [-0.39, 0.29) is 0 Å². The molecule has 160 valence electrons. The van der Waals surface area contributed by atoms with Crippen molar-refractivity contribution in [2.75, 3.05) is 20.1 Å². The number of guanidine groups is 1. The van der Waals surface area contributed by atoms with Gasteiger partial charge in [-0.2, -0.15) is 0 Å². The summed E-state index contributed by atoms with van der Waals surface area (Å²) in [6, 6.07) is 16.1. The van der Waals surface area contributed by atoms with Crippen LogP contribution in [0.25, 0.3) is 16.9 Å². The van der Waals surface area contributed by atoms with Crippen molar-refractivity contribution in [3.63, 3.8) is 0 Å². The number of aryl methyl sites for hydroxylation is 1. The highest BCUT2D eigenvalue weighted by molar-refractivity contribution is 5.79. The summed E-state index contributed by atoms with van der Waals surface area (Å²) in [5.41, 5.74) is 3.03. The van der Waals surface area contributed by atoms with Crippen molar-refractivity contribution in [2.24, 2.45) is 4.99 Å². The van der Waals surface area contributed by atoms with Crippen LogP contribution in [0.3, 0.4) is 0 Å². The molecule has 0 radical (unpaired) electrons. The molecule has 31 heavy (non-hydrogen) atoms. The van der Waals surface area contributed by atoms with E-state index in [1.54, 1.807) is 0 Å². The second-order valence-electron chi connectivity index (χ2n) is 7.35. The van der Waals surface area contributed by atoms with Crippen LogP contribution in [0.15, 0.2) is 65.9 Å². The van der Waals surface area contributed by atoms with Gasteiger partial charge in [-0.3, -0.25) is 9.39 Å². The first-order chi connectivity index (χ1) is 15.2. The quantitative estimate of drug-likeness (QED) is 0.262. The van der Waals surface area contributed by atoms with Crippen molar-refractivity contribution in [1.29, 1.82) is 0 Å². The van der Waals surface area contributed by atoms with Gasteiger partial charge in [0.25, 0.3) is 0 Å². The van der Waals surface area contributed by atoms with E-state index in [2.05, 4.69) is 49.4 Å². The van der Waals surface area contributed by atoms with E-state index in [1.807, 2.05) is 60.2 Å². The van der Waals surface area contributed by atoms with Crippen molar-refractivity contribution in [2.45, 2.75) is 26.3 Å². The predicted molar refractivity (Wildman–Crippen MR) is 123 cm³/mol. The second-order valence-corrected chi connectivity index (χ2v) is 7.35. The van der Waals surface area contributed by atoms with Crippen molar-refractivity contribution in [1.82, 2.24) is 34.8 Å².